The Bertz CT molecular complexity index is 3220. The highest BCUT2D eigenvalue weighted by Crippen LogP contribution is 2.47. The number of hydrogen-bond acceptors (Lipinski definition) is 0. The maximum Gasteiger partial charge on any atom is -0.00199 e. The number of benzene rings is 11. The highest BCUT2D eigenvalue weighted by atomic mass is 14.2. The average molecular weight is 709 g/mol. The first-order chi connectivity index (χ1) is 27.8. The third-order valence-corrected chi connectivity index (χ3v) is 11.6. The van der Waals surface area contributed by atoms with E-state index in [-0.39, 0.29) is 0 Å². The molecule has 0 bridgehead atoms. The molecule has 11 aromatic carbocycles. The zero-order valence-electron chi connectivity index (χ0n) is 30.8. The molecule has 0 aliphatic heterocycles. The summed E-state index contributed by atoms with van der Waals surface area (Å²) in [5.41, 5.74) is 12.4. The molecule has 0 nitrogen and oxygen atoms in total. The minimum atomic E-state index is 1.20. The molecule has 11 aromatic rings. The van der Waals surface area contributed by atoms with E-state index in [1.54, 1.807) is 0 Å². The average Bonchev–Trinajstić information content (AvgIpc) is 3.28. The van der Waals surface area contributed by atoms with Gasteiger partial charge in [-0.3, -0.25) is 0 Å². The van der Waals surface area contributed by atoms with Crippen molar-refractivity contribution in [3.8, 4) is 55.6 Å². The molecule has 0 radical (unpaired) electrons. The van der Waals surface area contributed by atoms with E-state index in [2.05, 4.69) is 218 Å². The third-order valence-electron chi connectivity index (χ3n) is 11.6. The summed E-state index contributed by atoms with van der Waals surface area (Å²) in [6, 6.07) is 80.4. The van der Waals surface area contributed by atoms with Gasteiger partial charge >= 0.3 is 0 Å². The van der Waals surface area contributed by atoms with E-state index in [9.17, 15) is 0 Å². The van der Waals surface area contributed by atoms with Crippen LogP contribution in [0.15, 0.2) is 218 Å². The summed E-state index contributed by atoms with van der Waals surface area (Å²) < 4.78 is 0. The van der Waals surface area contributed by atoms with Crippen molar-refractivity contribution in [2.24, 2.45) is 0 Å². The van der Waals surface area contributed by atoms with E-state index < -0.39 is 0 Å². The molecular formula is C56H36. The molecule has 0 spiro atoms. The summed E-state index contributed by atoms with van der Waals surface area (Å²) >= 11 is 0. The zero-order valence-corrected chi connectivity index (χ0v) is 30.8. The van der Waals surface area contributed by atoms with Crippen LogP contribution in [-0.4, -0.2) is 0 Å². The molecule has 0 fully saturated rings. The summed E-state index contributed by atoms with van der Waals surface area (Å²) in [5.74, 6) is 0. The van der Waals surface area contributed by atoms with Crippen LogP contribution in [0.2, 0.25) is 0 Å². The van der Waals surface area contributed by atoms with Gasteiger partial charge in [0, 0.05) is 0 Å². The molecule has 0 heterocycles. The SMILES string of the molecule is c1ccc(-c2ccc(-c3ccc4cc(-c5cc6ccccc6c6ccccc56)ccc4c3)c(-c3c4ccccc4c(-c4ccccc4)c4ccccc34)c2)cc1. The summed E-state index contributed by atoms with van der Waals surface area (Å²) in [5, 5.41) is 12.6. The van der Waals surface area contributed by atoms with Gasteiger partial charge in [-0.1, -0.05) is 194 Å². The van der Waals surface area contributed by atoms with Gasteiger partial charge in [-0.25, -0.2) is 0 Å². The van der Waals surface area contributed by atoms with Crippen LogP contribution in [0.25, 0.3) is 109 Å². The van der Waals surface area contributed by atoms with Crippen molar-refractivity contribution in [2.45, 2.75) is 0 Å². The lowest BCUT2D eigenvalue weighted by Gasteiger charge is -2.21. The first-order valence-corrected chi connectivity index (χ1v) is 19.4. The Labute approximate surface area is 326 Å². The molecule has 0 aliphatic carbocycles. The molecule has 0 atom stereocenters. The maximum absolute atomic E-state index is 2.42. The largest absolute Gasteiger partial charge is 0.0622 e. The molecule has 0 aromatic heterocycles. The van der Waals surface area contributed by atoms with Gasteiger partial charge < -0.3 is 0 Å². The smallest absolute Gasteiger partial charge is 0.00199 e. The van der Waals surface area contributed by atoms with E-state index in [0.717, 1.165) is 0 Å². The van der Waals surface area contributed by atoms with Gasteiger partial charge in [0.25, 0.3) is 0 Å². The Morgan fingerprint density at radius 2 is 0.643 bits per heavy atom. The lowest BCUT2D eigenvalue weighted by Crippen LogP contribution is -1.93. The Morgan fingerprint density at radius 1 is 0.179 bits per heavy atom. The molecule has 56 heavy (non-hydrogen) atoms. The maximum atomic E-state index is 2.42. The second-order valence-corrected chi connectivity index (χ2v) is 14.8. The second kappa shape index (κ2) is 13.2. The fourth-order valence-electron chi connectivity index (χ4n) is 9.02. The monoisotopic (exact) mass is 708 g/mol. The van der Waals surface area contributed by atoms with Crippen LogP contribution >= 0.6 is 0 Å². The summed E-state index contributed by atoms with van der Waals surface area (Å²) in [4.78, 5) is 0. The second-order valence-electron chi connectivity index (χ2n) is 14.8. The van der Waals surface area contributed by atoms with Crippen LogP contribution in [0, 0.1) is 0 Å². The van der Waals surface area contributed by atoms with Crippen molar-refractivity contribution in [2.75, 3.05) is 0 Å². The first-order valence-electron chi connectivity index (χ1n) is 19.4. The predicted octanol–water partition coefficient (Wildman–Crippen LogP) is 15.8. The van der Waals surface area contributed by atoms with Crippen molar-refractivity contribution in [3.05, 3.63) is 218 Å². The fourth-order valence-corrected chi connectivity index (χ4v) is 9.02. The predicted molar refractivity (Wildman–Crippen MR) is 241 cm³/mol. The van der Waals surface area contributed by atoms with Crippen molar-refractivity contribution in [1.82, 2.24) is 0 Å². The van der Waals surface area contributed by atoms with Gasteiger partial charge in [-0.2, -0.15) is 0 Å². The standard InChI is InChI=1S/C56H36/c1-3-15-37(16-4-1)41-31-32-46(54(35-41)56-51-25-13-11-23-49(51)55(38-17-5-2-6-18-38)50-24-12-14-26-52(50)56)43-29-27-40-34-44(30-28-39(40)33-43)53-36-42-19-7-8-20-45(42)47-21-9-10-22-48(47)53/h1-36H. The molecule has 0 saturated carbocycles. The quantitative estimate of drug-likeness (QED) is 0.123. The number of fused-ring (bicyclic) bond motifs is 6. The third kappa shape index (κ3) is 5.30. The Balaban J connectivity index is 1.13. The minimum absolute atomic E-state index is 1.20. The van der Waals surface area contributed by atoms with E-state index >= 15 is 0 Å². The van der Waals surface area contributed by atoms with Gasteiger partial charge in [0.1, 0.15) is 0 Å². The summed E-state index contributed by atoms with van der Waals surface area (Å²) in [6.07, 6.45) is 0. The van der Waals surface area contributed by atoms with Crippen LogP contribution < -0.4 is 0 Å². The van der Waals surface area contributed by atoms with Gasteiger partial charge in [-0.15, -0.1) is 0 Å². The fraction of sp³-hybridized carbons (Fsp3) is 0. The molecule has 0 unspecified atom stereocenters. The summed E-state index contributed by atoms with van der Waals surface area (Å²) in [7, 11) is 0. The molecule has 0 N–H and O–H groups in total. The Hall–Kier alpha value is -7.28. The highest BCUT2D eigenvalue weighted by Gasteiger charge is 2.20. The van der Waals surface area contributed by atoms with Crippen molar-refractivity contribution in [1.29, 1.82) is 0 Å². The lowest BCUT2D eigenvalue weighted by atomic mass is 9.82. The van der Waals surface area contributed by atoms with Gasteiger partial charge in [0.05, 0.1) is 0 Å². The molecule has 0 amide bonds. The lowest BCUT2D eigenvalue weighted by molar-refractivity contribution is 1.59. The molecule has 0 aliphatic rings. The molecule has 260 valence electrons. The number of rotatable bonds is 5. The van der Waals surface area contributed by atoms with Crippen molar-refractivity contribution in [3.63, 3.8) is 0 Å². The molecule has 11 rings (SSSR count). The van der Waals surface area contributed by atoms with E-state index in [1.165, 1.54) is 109 Å². The summed E-state index contributed by atoms with van der Waals surface area (Å²) in [6.45, 7) is 0. The van der Waals surface area contributed by atoms with Gasteiger partial charge in [0.15, 0.2) is 0 Å². The minimum Gasteiger partial charge on any atom is -0.0622 e. The van der Waals surface area contributed by atoms with E-state index in [1.807, 2.05) is 0 Å². The topological polar surface area (TPSA) is 0 Å². The Morgan fingerprint density at radius 3 is 1.27 bits per heavy atom. The highest BCUT2D eigenvalue weighted by molar-refractivity contribution is 6.23. The Kier molecular flexibility index (Phi) is 7.60. The van der Waals surface area contributed by atoms with Crippen LogP contribution in [-0.2, 0) is 0 Å². The normalized spacial score (nSPS) is 11.6. The molecular weight excluding hydrogens is 673 g/mol. The zero-order chi connectivity index (χ0) is 37.0. The van der Waals surface area contributed by atoms with Crippen LogP contribution in [0.5, 0.6) is 0 Å². The number of hydrogen-bond donors (Lipinski definition) is 0. The molecule has 0 saturated heterocycles. The van der Waals surface area contributed by atoms with E-state index in [4.69, 9.17) is 0 Å². The first kappa shape index (κ1) is 32.2. The van der Waals surface area contributed by atoms with E-state index in [0.29, 0.717) is 0 Å². The van der Waals surface area contributed by atoms with Crippen molar-refractivity contribution >= 4 is 53.9 Å². The van der Waals surface area contributed by atoms with Crippen LogP contribution in [0.3, 0.4) is 0 Å². The van der Waals surface area contributed by atoms with Crippen molar-refractivity contribution < 1.29 is 0 Å². The van der Waals surface area contributed by atoms with Gasteiger partial charge in [0.2, 0.25) is 0 Å². The van der Waals surface area contributed by atoms with Gasteiger partial charge in [-0.05, 0) is 134 Å². The molecule has 0 heteroatoms. The van der Waals surface area contributed by atoms with Crippen LogP contribution in [0.1, 0.15) is 0 Å². The van der Waals surface area contributed by atoms with Crippen LogP contribution in [0.4, 0.5) is 0 Å².